The molecular weight excluding hydrogens is 385 g/mol. The van der Waals surface area contributed by atoms with Crippen molar-refractivity contribution in [1.29, 1.82) is 0 Å². The van der Waals surface area contributed by atoms with Crippen LogP contribution >= 0.6 is 0 Å². The number of nitrogens with one attached hydrogen (secondary N) is 1. The molecule has 0 aliphatic carbocycles. The monoisotopic (exact) mass is 411 g/mol. The Morgan fingerprint density at radius 1 is 1.07 bits per heavy atom. The van der Waals surface area contributed by atoms with Crippen LogP contribution in [0.3, 0.4) is 0 Å². The molecule has 4 rings (SSSR count). The SMILES string of the molecule is O=C(CCOc1ccc(F)cc1)Nc1ccc2c(ccn2CCN2CCOCC2)c1. The number of amides is 1. The van der Waals surface area contributed by atoms with Crippen LogP contribution < -0.4 is 10.1 Å². The normalized spacial score (nSPS) is 14.7. The fourth-order valence-electron chi connectivity index (χ4n) is 3.56. The Kier molecular flexibility index (Phi) is 6.61. The van der Waals surface area contributed by atoms with E-state index in [1.54, 1.807) is 12.1 Å². The van der Waals surface area contributed by atoms with E-state index in [9.17, 15) is 9.18 Å². The number of morpholine rings is 1. The molecule has 2 aromatic carbocycles. The van der Waals surface area contributed by atoms with Gasteiger partial charge in [0.25, 0.3) is 0 Å². The first-order valence-electron chi connectivity index (χ1n) is 10.2. The highest BCUT2D eigenvalue weighted by Gasteiger charge is 2.11. The van der Waals surface area contributed by atoms with Gasteiger partial charge >= 0.3 is 0 Å². The molecule has 0 saturated carbocycles. The molecule has 30 heavy (non-hydrogen) atoms. The molecule has 2 heterocycles. The highest BCUT2D eigenvalue weighted by atomic mass is 19.1. The van der Waals surface area contributed by atoms with Crippen LogP contribution in [0.4, 0.5) is 10.1 Å². The smallest absolute Gasteiger partial charge is 0.227 e. The maximum atomic E-state index is 12.9. The van der Waals surface area contributed by atoms with E-state index in [4.69, 9.17) is 9.47 Å². The Morgan fingerprint density at radius 3 is 2.67 bits per heavy atom. The molecule has 1 aliphatic rings. The number of carbonyl (C=O) groups is 1. The number of anilines is 1. The average molecular weight is 411 g/mol. The van der Waals surface area contributed by atoms with Crippen molar-refractivity contribution in [3.63, 3.8) is 0 Å². The summed E-state index contributed by atoms with van der Waals surface area (Å²) in [5, 5.41) is 4.01. The molecule has 158 valence electrons. The van der Waals surface area contributed by atoms with Gasteiger partial charge in [-0.05, 0) is 48.5 Å². The Bertz CT molecular complexity index is 981. The van der Waals surface area contributed by atoms with E-state index in [0.717, 1.165) is 56.0 Å². The highest BCUT2D eigenvalue weighted by molar-refractivity contribution is 5.94. The van der Waals surface area contributed by atoms with Crippen molar-refractivity contribution >= 4 is 22.5 Å². The third-order valence-corrected chi connectivity index (χ3v) is 5.23. The summed E-state index contributed by atoms with van der Waals surface area (Å²) in [4.78, 5) is 14.6. The van der Waals surface area contributed by atoms with Crippen molar-refractivity contribution in [2.45, 2.75) is 13.0 Å². The van der Waals surface area contributed by atoms with Gasteiger partial charge in [0.2, 0.25) is 5.91 Å². The van der Waals surface area contributed by atoms with Crippen LogP contribution in [0, 0.1) is 5.82 Å². The average Bonchev–Trinajstić information content (AvgIpc) is 3.16. The predicted molar refractivity (Wildman–Crippen MR) is 114 cm³/mol. The number of rotatable bonds is 8. The Hall–Kier alpha value is -2.90. The van der Waals surface area contributed by atoms with Crippen molar-refractivity contribution < 1.29 is 18.7 Å². The molecule has 1 N–H and O–H groups in total. The molecule has 1 aliphatic heterocycles. The van der Waals surface area contributed by atoms with Crippen LogP contribution in [0.25, 0.3) is 10.9 Å². The lowest BCUT2D eigenvalue weighted by Crippen LogP contribution is -2.38. The number of hydrogen-bond donors (Lipinski definition) is 1. The van der Waals surface area contributed by atoms with Gasteiger partial charge in [-0.15, -0.1) is 0 Å². The Morgan fingerprint density at radius 2 is 1.87 bits per heavy atom. The van der Waals surface area contributed by atoms with Crippen LogP contribution in [0.1, 0.15) is 6.42 Å². The van der Waals surface area contributed by atoms with Crippen LogP contribution in [0.5, 0.6) is 5.75 Å². The van der Waals surface area contributed by atoms with Crippen molar-refractivity contribution in [2.75, 3.05) is 44.8 Å². The van der Waals surface area contributed by atoms with E-state index in [1.807, 2.05) is 18.2 Å². The minimum atomic E-state index is -0.314. The number of halogens is 1. The standard InChI is InChI=1S/C23H26FN3O3/c24-19-1-4-21(5-2-19)30-14-8-23(28)25-20-3-6-22-18(17-20)7-9-27(22)11-10-26-12-15-29-16-13-26/h1-7,9,17H,8,10-16H2,(H,25,28). The zero-order valence-corrected chi connectivity index (χ0v) is 16.9. The summed E-state index contributed by atoms with van der Waals surface area (Å²) in [7, 11) is 0. The zero-order chi connectivity index (χ0) is 20.8. The molecule has 6 nitrogen and oxygen atoms in total. The quantitative estimate of drug-likeness (QED) is 0.616. The number of nitrogens with zero attached hydrogens (tertiary/aromatic N) is 2. The summed E-state index contributed by atoms with van der Waals surface area (Å²) < 4.78 is 26.0. The van der Waals surface area contributed by atoms with Gasteiger partial charge in [-0.3, -0.25) is 9.69 Å². The highest BCUT2D eigenvalue weighted by Crippen LogP contribution is 2.21. The molecule has 0 bridgehead atoms. The molecule has 3 aromatic rings. The largest absolute Gasteiger partial charge is 0.493 e. The molecule has 0 radical (unpaired) electrons. The second-order valence-electron chi connectivity index (χ2n) is 7.34. The minimum absolute atomic E-state index is 0.122. The van der Waals surface area contributed by atoms with E-state index in [1.165, 1.54) is 12.1 Å². The van der Waals surface area contributed by atoms with Gasteiger partial charge < -0.3 is 19.4 Å². The van der Waals surface area contributed by atoms with Crippen LogP contribution in [-0.4, -0.2) is 54.8 Å². The maximum Gasteiger partial charge on any atom is 0.227 e. The Balaban J connectivity index is 1.27. The number of benzene rings is 2. The van der Waals surface area contributed by atoms with Crippen LogP contribution in [0.15, 0.2) is 54.7 Å². The summed E-state index contributed by atoms with van der Waals surface area (Å²) in [6, 6.07) is 13.8. The van der Waals surface area contributed by atoms with E-state index < -0.39 is 0 Å². The van der Waals surface area contributed by atoms with Gasteiger partial charge in [0.15, 0.2) is 0 Å². The summed E-state index contributed by atoms with van der Waals surface area (Å²) in [5.41, 5.74) is 1.92. The summed E-state index contributed by atoms with van der Waals surface area (Å²) in [5.74, 6) is 0.109. The van der Waals surface area contributed by atoms with E-state index in [-0.39, 0.29) is 24.8 Å². The van der Waals surface area contributed by atoms with Crippen molar-refractivity contribution in [2.24, 2.45) is 0 Å². The number of carbonyl (C=O) groups excluding carboxylic acids is 1. The van der Waals surface area contributed by atoms with Gasteiger partial charge in [0.1, 0.15) is 11.6 Å². The molecular formula is C23H26FN3O3. The first-order chi connectivity index (χ1) is 14.7. The molecule has 1 amide bonds. The van der Waals surface area contributed by atoms with Crippen molar-refractivity contribution in [3.05, 3.63) is 60.5 Å². The van der Waals surface area contributed by atoms with Gasteiger partial charge in [-0.2, -0.15) is 0 Å². The molecule has 7 heteroatoms. The minimum Gasteiger partial charge on any atom is -0.493 e. The fourth-order valence-corrected chi connectivity index (χ4v) is 3.56. The Labute approximate surface area is 175 Å². The molecule has 0 spiro atoms. The first-order valence-corrected chi connectivity index (χ1v) is 10.2. The molecule has 1 fully saturated rings. The lowest BCUT2D eigenvalue weighted by atomic mass is 10.2. The second kappa shape index (κ2) is 9.73. The topological polar surface area (TPSA) is 55.7 Å². The number of ether oxygens (including phenoxy) is 2. The van der Waals surface area contributed by atoms with Gasteiger partial charge in [0.05, 0.1) is 26.2 Å². The van der Waals surface area contributed by atoms with Gasteiger partial charge in [-0.1, -0.05) is 0 Å². The van der Waals surface area contributed by atoms with Crippen molar-refractivity contribution in [1.82, 2.24) is 9.47 Å². The number of aromatic nitrogens is 1. The molecule has 1 saturated heterocycles. The fraction of sp³-hybridized carbons (Fsp3) is 0.348. The lowest BCUT2D eigenvalue weighted by molar-refractivity contribution is -0.116. The third-order valence-electron chi connectivity index (χ3n) is 5.23. The predicted octanol–water partition coefficient (Wildman–Crippen LogP) is 3.52. The van der Waals surface area contributed by atoms with Gasteiger partial charge in [0, 0.05) is 49.0 Å². The van der Waals surface area contributed by atoms with Crippen LogP contribution in [0.2, 0.25) is 0 Å². The molecule has 1 aromatic heterocycles. The summed E-state index contributed by atoms with van der Waals surface area (Å²) >= 11 is 0. The van der Waals surface area contributed by atoms with Crippen molar-refractivity contribution in [3.8, 4) is 5.75 Å². The number of hydrogen-bond acceptors (Lipinski definition) is 4. The summed E-state index contributed by atoms with van der Waals surface area (Å²) in [6.07, 6.45) is 2.31. The van der Waals surface area contributed by atoms with E-state index in [0.29, 0.717) is 5.75 Å². The maximum absolute atomic E-state index is 12.9. The number of fused-ring (bicyclic) bond motifs is 1. The second-order valence-corrected chi connectivity index (χ2v) is 7.34. The zero-order valence-electron chi connectivity index (χ0n) is 16.9. The molecule has 0 unspecified atom stereocenters. The third kappa shape index (κ3) is 5.37. The van der Waals surface area contributed by atoms with Gasteiger partial charge in [-0.25, -0.2) is 4.39 Å². The summed E-state index contributed by atoms with van der Waals surface area (Å²) in [6.45, 7) is 5.75. The van der Waals surface area contributed by atoms with E-state index in [2.05, 4.69) is 27.0 Å². The molecule has 0 atom stereocenters. The van der Waals surface area contributed by atoms with Crippen LogP contribution in [-0.2, 0) is 16.1 Å². The van der Waals surface area contributed by atoms with E-state index >= 15 is 0 Å². The lowest BCUT2D eigenvalue weighted by Gasteiger charge is -2.26. The first kappa shape index (κ1) is 20.4.